The first kappa shape index (κ1) is 29.4. The van der Waals surface area contributed by atoms with Crippen molar-refractivity contribution in [3.63, 3.8) is 0 Å². The van der Waals surface area contributed by atoms with Gasteiger partial charge < -0.3 is 26.4 Å². The smallest absolute Gasteiger partial charge is 0.332 e. The van der Waals surface area contributed by atoms with Crippen molar-refractivity contribution in [2.75, 3.05) is 29.5 Å². The molecule has 2 aromatic rings. The molecule has 0 aliphatic carbocycles. The second-order valence-corrected chi connectivity index (χ2v) is 8.80. The van der Waals surface area contributed by atoms with Crippen LogP contribution in [-0.4, -0.2) is 78.5 Å². The molecule has 40 heavy (non-hydrogen) atoms. The molecule has 2 atom stereocenters. The van der Waals surface area contributed by atoms with Crippen LogP contribution >= 0.6 is 0 Å². The number of carbonyl (C=O) groups is 6. The molecular weight excluding hydrogens is 522 g/mol. The molecule has 1 heterocycles. The van der Waals surface area contributed by atoms with Crippen molar-refractivity contribution in [2.45, 2.75) is 25.4 Å². The summed E-state index contributed by atoms with van der Waals surface area (Å²) >= 11 is 0. The van der Waals surface area contributed by atoms with Gasteiger partial charge in [-0.15, -0.1) is 0 Å². The number of carbonyl (C=O) groups excluding carboxylic acids is 6. The van der Waals surface area contributed by atoms with Gasteiger partial charge in [0.2, 0.25) is 5.91 Å². The summed E-state index contributed by atoms with van der Waals surface area (Å²) in [6, 6.07) is 11.3. The number of aliphatic hydroxyl groups is 1. The fourth-order valence-electron chi connectivity index (χ4n) is 4.05. The number of nitrogens with zero attached hydrogens (tertiary/aromatic N) is 3. The molecule has 0 bridgehead atoms. The van der Waals surface area contributed by atoms with Gasteiger partial charge in [0.05, 0.1) is 24.0 Å². The number of urea groups is 1. The van der Waals surface area contributed by atoms with E-state index in [0.717, 1.165) is 11.1 Å². The van der Waals surface area contributed by atoms with Crippen LogP contribution in [0.3, 0.4) is 0 Å². The standard InChI is InChI=1S/C26H29N7O7/c1-16(35)11-18(12-28-31-26(27)40)29-22(36)14-33-21-10-6-5-9-20(21)32(23(37)15-34)13-19(25(33)39)30-24(38)17-7-3-2-4-8-17/h2-10,12,18-19,34H,11,13-15H2,1H3,(H,29,36)(H,30,38)(H3,27,31,40)/b28-12-/t18-,19-/m0/s1. The quantitative estimate of drug-likeness (QED) is 0.189. The number of anilines is 2. The maximum Gasteiger partial charge on any atom is 0.332 e. The van der Waals surface area contributed by atoms with Crippen molar-refractivity contribution in [3.8, 4) is 0 Å². The number of para-hydroxylation sites is 2. The lowest BCUT2D eigenvalue weighted by Crippen LogP contribution is -2.55. The van der Waals surface area contributed by atoms with Crippen LogP contribution in [0.1, 0.15) is 23.7 Å². The van der Waals surface area contributed by atoms with E-state index < -0.39 is 54.9 Å². The van der Waals surface area contributed by atoms with Gasteiger partial charge in [0.15, 0.2) is 0 Å². The average molecular weight is 552 g/mol. The lowest BCUT2D eigenvalue weighted by molar-refractivity contribution is -0.125. The number of hydrogen-bond donors (Lipinski definition) is 5. The van der Waals surface area contributed by atoms with Crippen molar-refractivity contribution < 1.29 is 33.9 Å². The molecule has 0 unspecified atom stereocenters. The topological polar surface area (TPSA) is 204 Å². The van der Waals surface area contributed by atoms with Gasteiger partial charge in [-0.1, -0.05) is 30.3 Å². The van der Waals surface area contributed by atoms with E-state index in [0.29, 0.717) is 0 Å². The number of hydrogen-bond acceptors (Lipinski definition) is 8. The molecule has 0 spiro atoms. The minimum absolute atomic E-state index is 0.158. The molecule has 0 radical (unpaired) electrons. The van der Waals surface area contributed by atoms with Gasteiger partial charge >= 0.3 is 6.03 Å². The molecular formula is C26H29N7O7. The lowest BCUT2D eigenvalue weighted by Gasteiger charge is -2.25. The summed E-state index contributed by atoms with van der Waals surface area (Å²) < 4.78 is 0. The SMILES string of the molecule is CC(=O)C[C@@H](/C=N\NC(N)=O)NC(=O)CN1C(=O)[C@@H](NC(=O)c2ccccc2)CN(C(=O)CO)c2ccccc21. The molecule has 6 amide bonds. The van der Waals surface area contributed by atoms with E-state index in [9.17, 15) is 33.9 Å². The number of rotatable bonds is 10. The molecule has 1 aliphatic heterocycles. The predicted molar refractivity (Wildman–Crippen MR) is 144 cm³/mol. The molecule has 1 aliphatic rings. The summed E-state index contributed by atoms with van der Waals surface area (Å²) in [5.74, 6) is -2.97. The third kappa shape index (κ3) is 7.70. The normalized spacial score (nSPS) is 15.6. The van der Waals surface area contributed by atoms with E-state index in [4.69, 9.17) is 5.73 Å². The molecule has 210 valence electrons. The summed E-state index contributed by atoms with van der Waals surface area (Å²) in [5.41, 5.74) is 7.65. The maximum atomic E-state index is 13.8. The molecule has 14 nitrogen and oxygen atoms in total. The third-order valence-corrected chi connectivity index (χ3v) is 5.75. The van der Waals surface area contributed by atoms with E-state index in [1.165, 1.54) is 17.9 Å². The Hall–Kier alpha value is -5.11. The van der Waals surface area contributed by atoms with Gasteiger partial charge in [0.1, 0.15) is 25.0 Å². The Bertz CT molecular complexity index is 1320. The van der Waals surface area contributed by atoms with Crippen molar-refractivity contribution in [1.82, 2.24) is 16.1 Å². The second-order valence-electron chi connectivity index (χ2n) is 8.80. The van der Waals surface area contributed by atoms with E-state index in [-0.39, 0.29) is 35.7 Å². The van der Waals surface area contributed by atoms with Crippen molar-refractivity contribution >= 4 is 53.0 Å². The highest BCUT2D eigenvalue weighted by Gasteiger charge is 2.37. The number of amides is 6. The number of fused-ring (bicyclic) bond motifs is 1. The number of aliphatic hydroxyl groups excluding tert-OH is 1. The Morgan fingerprint density at radius 2 is 1.73 bits per heavy atom. The Balaban J connectivity index is 1.93. The molecule has 3 rings (SSSR count). The number of ketones is 1. The minimum atomic E-state index is -1.28. The summed E-state index contributed by atoms with van der Waals surface area (Å²) in [6.07, 6.45) is 0.960. The van der Waals surface area contributed by atoms with Crippen molar-refractivity contribution in [3.05, 3.63) is 60.2 Å². The van der Waals surface area contributed by atoms with Crippen LogP contribution in [-0.2, 0) is 19.2 Å². The van der Waals surface area contributed by atoms with Crippen molar-refractivity contribution in [2.24, 2.45) is 10.8 Å². The third-order valence-electron chi connectivity index (χ3n) is 5.75. The highest BCUT2D eigenvalue weighted by molar-refractivity contribution is 6.11. The number of Topliss-reactive ketones (excluding diaryl/α,β-unsaturated/α-hetero) is 1. The number of benzene rings is 2. The Kier molecular flexibility index (Phi) is 10.0. The fraction of sp³-hybridized carbons (Fsp3) is 0.269. The highest BCUT2D eigenvalue weighted by Crippen LogP contribution is 2.33. The Labute approximate surface area is 229 Å². The number of nitrogens with one attached hydrogen (secondary N) is 3. The van der Waals surface area contributed by atoms with Gasteiger partial charge in [0.25, 0.3) is 17.7 Å². The molecule has 2 aromatic carbocycles. The first-order valence-electron chi connectivity index (χ1n) is 12.2. The predicted octanol–water partition coefficient (Wildman–Crippen LogP) is -0.725. The molecule has 0 saturated heterocycles. The summed E-state index contributed by atoms with van der Waals surface area (Å²) in [6.45, 7) is -0.409. The van der Waals surface area contributed by atoms with Gasteiger partial charge in [-0.3, -0.25) is 28.9 Å². The van der Waals surface area contributed by atoms with E-state index in [2.05, 4.69) is 15.7 Å². The zero-order chi connectivity index (χ0) is 29.2. The van der Waals surface area contributed by atoms with Gasteiger partial charge in [-0.2, -0.15) is 5.10 Å². The molecule has 0 fully saturated rings. The van der Waals surface area contributed by atoms with Gasteiger partial charge in [-0.25, -0.2) is 10.2 Å². The number of primary amides is 1. The summed E-state index contributed by atoms with van der Waals surface area (Å²) in [4.78, 5) is 77.3. The molecule has 14 heteroatoms. The average Bonchev–Trinajstić information content (AvgIpc) is 3.03. The molecule has 0 aromatic heterocycles. The summed E-state index contributed by atoms with van der Waals surface area (Å²) in [5, 5.41) is 18.4. The molecule has 6 N–H and O–H groups in total. The monoisotopic (exact) mass is 551 g/mol. The fourth-order valence-corrected chi connectivity index (χ4v) is 4.05. The highest BCUT2D eigenvalue weighted by atomic mass is 16.3. The first-order chi connectivity index (χ1) is 19.1. The van der Waals surface area contributed by atoms with Crippen LogP contribution < -0.4 is 31.6 Å². The lowest BCUT2D eigenvalue weighted by atomic mass is 10.1. The number of hydrazone groups is 1. The van der Waals surface area contributed by atoms with Crippen LogP contribution in [0.15, 0.2) is 59.7 Å². The number of nitrogens with two attached hydrogens (primary N) is 1. The van der Waals surface area contributed by atoms with E-state index in [1.54, 1.807) is 48.5 Å². The van der Waals surface area contributed by atoms with Crippen LogP contribution in [0.25, 0.3) is 0 Å². The minimum Gasteiger partial charge on any atom is -0.387 e. The zero-order valence-corrected chi connectivity index (χ0v) is 21.6. The van der Waals surface area contributed by atoms with E-state index >= 15 is 0 Å². The van der Waals surface area contributed by atoms with Gasteiger partial charge in [0, 0.05) is 18.2 Å². The first-order valence-corrected chi connectivity index (χ1v) is 12.2. The van der Waals surface area contributed by atoms with Crippen molar-refractivity contribution in [1.29, 1.82) is 0 Å². The van der Waals surface area contributed by atoms with Crippen LogP contribution in [0.4, 0.5) is 16.2 Å². The summed E-state index contributed by atoms with van der Waals surface area (Å²) in [7, 11) is 0. The second kappa shape index (κ2) is 13.6. The van der Waals surface area contributed by atoms with Gasteiger partial charge in [-0.05, 0) is 31.2 Å². The maximum absolute atomic E-state index is 13.8. The zero-order valence-electron chi connectivity index (χ0n) is 21.6. The van der Waals surface area contributed by atoms with E-state index in [1.807, 2.05) is 5.43 Å². The Morgan fingerprint density at radius 3 is 2.35 bits per heavy atom. The largest absolute Gasteiger partial charge is 0.387 e. The Morgan fingerprint density at radius 1 is 1.07 bits per heavy atom. The van der Waals surface area contributed by atoms with Crippen LogP contribution in [0.5, 0.6) is 0 Å². The molecule has 0 saturated carbocycles. The van der Waals surface area contributed by atoms with Crippen LogP contribution in [0, 0.1) is 0 Å². The van der Waals surface area contributed by atoms with Crippen LogP contribution in [0.2, 0.25) is 0 Å².